The minimum Gasteiger partial charge on any atom is -0.754 e. The molecular formula is C10H18N5O2S-. The van der Waals surface area contributed by atoms with Crippen LogP contribution in [-0.4, -0.2) is 49.6 Å². The van der Waals surface area contributed by atoms with E-state index in [1.807, 2.05) is 7.05 Å². The lowest BCUT2D eigenvalue weighted by Crippen LogP contribution is -2.52. The van der Waals surface area contributed by atoms with Crippen molar-refractivity contribution in [2.75, 3.05) is 24.6 Å². The predicted molar refractivity (Wildman–Crippen MR) is 68.3 cm³/mol. The minimum absolute atomic E-state index is 0.141. The molecule has 1 aliphatic heterocycles. The molecule has 1 saturated heterocycles. The number of anilines is 1. The van der Waals surface area contributed by atoms with Gasteiger partial charge in [-0.2, -0.15) is 5.10 Å². The first kappa shape index (κ1) is 13.5. The first-order valence-corrected chi connectivity index (χ1v) is 6.92. The van der Waals surface area contributed by atoms with Gasteiger partial charge in [-0.3, -0.25) is 8.89 Å². The zero-order valence-corrected chi connectivity index (χ0v) is 11.4. The van der Waals surface area contributed by atoms with Crippen LogP contribution < -0.4 is 9.84 Å². The van der Waals surface area contributed by atoms with Crippen molar-refractivity contribution in [3.05, 3.63) is 12.4 Å². The largest absolute Gasteiger partial charge is 0.754 e. The number of aromatic nitrogens is 2. The van der Waals surface area contributed by atoms with Crippen molar-refractivity contribution in [2.24, 2.45) is 7.05 Å². The van der Waals surface area contributed by atoms with Crippen molar-refractivity contribution >= 4 is 17.0 Å². The van der Waals surface area contributed by atoms with Gasteiger partial charge in [0.1, 0.15) is 5.69 Å². The summed E-state index contributed by atoms with van der Waals surface area (Å²) in [6.45, 7) is 1.90. The highest BCUT2D eigenvalue weighted by atomic mass is 32.2. The van der Waals surface area contributed by atoms with Crippen LogP contribution in [0.1, 0.15) is 12.8 Å². The Morgan fingerprint density at radius 2 is 2.39 bits per heavy atom. The molecule has 1 aromatic rings. The minimum atomic E-state index is -2.35. The normalized spacial score (nSPS) is 22.9. The van der Waals surface area contributed by atoms with Gasteiger partial charge in [0.2, 0.25) is 0 Å². The van der Waals surface area contributed by atoms with Gasteiger partial charge in [-0.25, -0.2) is 9.84 Å². The van der Waals surface area contributed by atoms with Crippen LogP contribution in [0, 0.1) is 0 Å². The van der Waals surface area contributed by atoms with Gasteiger partial charge < -0.3 is 9.45 Å². The van der Waals surface area contributed by atoms with Crippen molar-refractivity contribution < 1.29 is 8.76 Å². The standard InChI is InChI=1S/C10H19N5O2S/c1-13-5-3-4-9(7-13)12-15(18(16)17)10-6-11-14(2)8-10/h6,8-9,12H,3-5,7H2,1-2H3,(H,16,17)/p-1/t9-/m0/s1. The van der Waals surface area contributed by atoms with E-state index in [2.05, 4.69) is 15.4 Å². The number of hydrogen-bond donors (Lipinski definition) is 1. The predicted octanol–water partition coefficient (Wildman–Crippen LogP) is -0.381. The Kier molecular flexibility index (Phi) is 4.33. The van der Waals surface area contributed by atoms with E-state index in [1.165, 1.54) is 6.20 Å². The van der Waals surface area contributed by atoms with E-state index in [9.17, 15) is 8.76 Å². The number of nitrogens with one attached hydrogen (secondary N) is 1. The molecule has 8 heteroatoms. The lowest BCUT2D eigenvalue weighted by Gasteiger charge is -2.35. The van der Waals surface area contributed by atoms with Gasteiger partial charge in [-0.1, -0.05) is 0 Å². The van der Waals surface area contributed by atoms with E-state index >= 15 is 0 Å². The van der Waals surface area contributed by atoms with E-state index in [1.54, 1.807) is 17.9 Å². The fourth-order valence-electron chi connectivity index (χ4n) is 2.15. The second-order valence-electron chi connectivity index (χ2n) is 4.61. The number of nitrogens with zero attached hydrogens (tertiary/aromatic N) is 4. The van der Waals surface area contributed by atoms with E-state index in [-0.39, 0.29) is 6.04 Å². The molecule has 1 N–H and O–H groups in total. The highest BCUT2D eigenvalue weighted by Crippen LogP contribution is 2.14. The Balaban J connectivity index is 2.04. The lowest BCUT2D eigenvalue weighted by atomic mass is 10.1. The number of hydrogen-bond acceptors (Lipinski definition) is 5. The van der Waals surface area contributed by atoms with Crippen LogP contribution in [0.3, 0.4) is 0 Å². The molecule has 0 aromatic carbocycles. The van der Waals surface area contributed by atoms with Crippen LogP contribution in [0.2, 0.25) is 0 Å². The van der Waals surface area contributed by atoms with E-state index < -0.39 is 11.3 Å². The van der Waals surface area contributed by atoms with Gasteiger partial charge in [0, 0.05) is 19.6 Å². The zero-order valence-electron chi connectivity index (χ0n) is 10.6. The topological polar surface area (TPSA) is 76.5 Å². The molecule has 0 aliphatic carbocycles. The van der Waals surface area contributed by atoms with Crippen LogP contribution >= 0.6 is 0 Å². The Morgan fingerprint density at radius 3 is 2.94 bits per heavy atom. The molecule has 2 atom stereocenters. The lowest BCUT2D eigenvalue weighted by molar-refractivity contribution is 0.229. The summed E-state index contributed by atoms with van der Waals surface area (Å²) >= 11 is -2.35. The number of likely N-dealkylation sites (tertiary alicyclic amines) is 1. The highest BCUT2D eigenvalue weighted by molar-refractivity contribution is 7.80. The molecule has 1 aromatic heterocycles. The van der Waals surface area contributed by atoms with Gasteiger partial charge in [0.15, 0.2) is 0 Å². The summed E-state index contributed by atoms with van der Waals surface area (Å²) in [5.74, 6) is 0. The molecule has 1 aliphatic rings. The summed E-state index contributed by atoms with van der Waals surface area (Å²) in [4.78, 5) is 2.19. The van der Waals surface area contributed by atoms with Crippen molar-refractivity contribution in [2.45, 2.75) is 18.9 Å². The first-order valence-electron chi connectivity index (χ1n) is 5.89. The molecule has 7 nitrogen and oxygen atoms in total. The number of aryl methyl sites for hydroxylation is 1. The average Bonchev–Trinajstić information content (AvgIpc) is 2.72. The van der Waals surface area contributed by atoms with Crippen LogP contribution in [-0.2, 0) is 18.3 Å². The van der Waals surface area contributed by atoms with Crippen molar-refractivity contribution in [3.63, 3.8) is 0 Å². The van der Waals surface area contributed by atoms with Crippen LogP contribution in [0.5, 0.6) is 0 Å². The van der Waals surface area contributed by atoms with Crippen LogP contribution in [0.25, 0.3) is 0 Å². The summed E-state index contributed by atoms with van der Waals surface area (Å²) in [5, 5.41) is 3.98. The van der Waals surface area contributed by atoms with E-state index in [0.717, 1.165) is 30.3 Å². The number of piperidine rings is 1. The van der Waals surface area contributed by atoms with Gasteiger partial charge in [-0.15, -0.1) is 0 Å². The molecule has 0 bridgehead atoms. The van der Waals surface area contributed by atoms with Gasteiger partial charge >= 0.3 is 0 Å². The van der Waals surface area contributed by atoms with Gasteiger partial charge in [-0.05, 0) is 26.4 Å². The first-order chi connectivity index (χ1) is 8.56. The third-order valence-electron chi connectivity index (χ3n) is 3.00. The second kappa shape index (κ2) is 5.79. The van der Waals surface area contributed by atoms with Gasteiger partial charge in [0.05, 0.1) is 23.7 Å². The Morgan fingerprint density at radius 1 is 1.61 bits per heavy atom. The summed E-state index contributed by atoms with van der Waals surface area (Å²) in [6.07, 6.45) is 5.23. The maximum Gasteiger partial charge on any atom is 0.104 e. The Bertz CT molecular complexity index is 424. The molecule has 2 rings (SSSR count). The van der Waals surface area contributed by atoms with Crippen molar-refractivity contribution in [1.82, 2.24) is 20.1 Å². The molecule has 2 heterocycles. The maximum absolute atomic E-state index is 11.3. The molecule has 1 fully saturated rings. The molecule has 102 valence electrons. The molecule has 0 amide bonds. The van der Waals surface area contributed by atoms with Crippen LogP contribution in [0.15, 0.2) is 12.4 Å². The highest BCUT2D eigenvalue weighted by Gasteiger charge is 2.20. The smallest absolute Gasteiger partial charge is 0.104 e. The SMILES string of the molecule is CN1CCC[C@H](NN(c2cnn(C)c2)S(=O)[O-])C1. The van der Waals surface area contributed by atoms with Crippen LogP contribution in [0.4, 0.5) is 5.69 Å². The summed E-state index contributed by atoms with van der Waals surface area (Å²) < 4.78 is 25.3. The Hall–Kier alpha value is -0.960. The van der Waals surface area contributed by atoms with E-state index in [4.69, 9.17) is 0 Å². The van der Waals surface area contributed by atoms with E-state index in [0.29, 0.717) is 5.69 Å². The van der Waals surface area contributed by atoms with Gasteiger partial charge in [0.25, 0.3) is 0 Å². The third-order valence-corrected chi connectivity index (χ3v) is 3.61. The molecule has 0 spiro atoms. The molecular weight excluding hydrogens is 254 g/mol. The number of likely N-dealkylation sites (N-methyl/N-ethyl adjacent to an activating group) is 1. The molecule has 1 unspecified atom stereocenters. The Labute approximate surface area is 109 Å². The third kappa shape index (κ3) is 3.29. The van der Waals surface area contributed by atoms with Crippen molar-refractivity contribution in [1.29, 1.82) is 0 Å². The fraction of sp³-hybridized carbons (Fsp3) is 0.700. The quantitative estimate of drug-likeness (QED) is 0.597. The fourth-order valence-corrected chi connectivity index (χ4v) is 2.66. The molecule has 0 saturated carbocycles. The summed E-state index contributed by atoms with van der Waals surface area (Å²) in [6, 6.07) is 0.141. The summed E-state index contributed by atoms with van der Waals surface area (Å²) in [5.41, 5.74) is 3.57. The summed E-state index contributed by atoms with van der Waals surface area (Å²) in [7, 11) is 3.79. The second-order valence-corrected chi connectivity index (χ2v) is 5.41. The maximum atomic E-state index is 11.3. The monoisotopic (exact) mass is 272 g/mol. The average molecular weight is 272 g/mol. The molecule has 18 heavy (non-hydrogen) atoms. The van der Waals surface area contributed by atoms with Crippen molar-refractivity contribution in [3.8, 4) is 0 Å². The molecule has 0 radical (unpaired) electrons. The number of rotatable bonds is 4. The number of hydrazine groups is 1. The zero-order chi connectivity index (χ0) is 13.1.